The SMILES string of the molecule is C=C/C(=C\C1=Cc2ccccc2C1(C)C)N(C1=C(c2cccc3c2oc2cc4ccccc4cc23)C=CCC1)c1cccc(-c2cccc3ccccc23)c1. The molecule has 0 fully saturated rings. The normalized spacial score (nSPS) is 15.2. The van der Waals surface area contributed by atoms with Crippen LogP contribution in [0.3, 0.4) is 0 Å². The Morgan fingerprint density at radius 3 is 2.25 bits per heavy atom. The first-order chi connectivity index (χ1) is 27.0. The fraction of sp³-hybridized carbons (Fsp3) is 0.0943. The first-order valence-corrected chi connectivity index (χ1v) is 19.3. The molecule has 0 unspecified atom stereocenters. The first-order valence-electron chi connectivity index (χ1n) is 19.3. The van der Waals surface area contributed by atoms with Crippen LogP contribution in [0.1, 0.15) is 43.4 Å². The van der Waals surface area contributed by atoms with Crippen LogP contribution in [-0.4, -0.2) is 0 Å². The molecule has 0 N–H and O–H groups in total. The highest BCUT2D eigenvalue weighted by atomic mass is 16.3. The van der Waals surface area contributed by atoms with Crippen LogP contribution in [-0.2, 0) is 5.41 Å². The molecular formula is C53H41NO. The van der Waals surface area contributed by atoms with E-state index in [1.165, 1.54) is 55.1 Å². The molecule has 2 aliphatic carbocycles. The third-order valence-electron chi connectivity index (χ3n) is 11.7. The Kier molecular flexibility index (Phi) is 7.81. The number of anilines is 1. The van der Waals surface area contributed by atoms with Gasteiger partial charge >= 0.3 is 0 Å². The molecule has 55 heavy (non-hydrogen) atoms. The van der Waals surface area contributed by atoms with Gasteiger partial charge in [-0.1, -0.05) is 160 Å². The third-order valence-corrected chi connectivity index (χ3v) is 11.7. The third kappa shape index (κ3) is 5.48. The molecule has 2 aliphatic rings. The maximum absolute atomic E-state index is 6.82. The lowest BCUT2D eigenvalue weighted by atomic mass is 9.81. The minimum atomic E-state index is -0.158. The zero-order chi connectivity index (χ0) is 37.1. The van der Waals surface area contributed by atoms with Crippen molar-refractivity contribution in [2.24, 2.45) is 0 Å². The van der Waals surface area contributed by atoms with Gasteiger partial charge in [0, 0.05) is 44.4 Å². The monoisotopic (exact) mass is 707 g/mol. The van der Waals surface area contributed by atoms with E-state index in [1.807, 2.05) is 6.08 Å². The molecule has 7 aromatic carbocycles. The van der Waals surface area contributed by atoms with Gasteiger partial charge in [0.15, 0.2) is 0 Å². The summed E-state index contributed by atoms with van der Waals surface area (Å²) in [6, 6.07) is 52.6. The van der Waals surface area contributed by atoms with E-state index in [4.69, 9.17) is 4.42 Å². The van der Waals surface area contributed by atoms with Gasteiger partial charge in [-0.25, -0.2) is 0 Å². The number of hydrogen-bond donors (Lipinski definition) is 0. The second-order valence-corrected chi connectivity index (χ2v) is 15.3. The van der Waals surface area contributed by atoms with E-state index in [0.717, 1.165) is 57.3 Å². The molecule has 2 heteroatoms. The van der Waals surface area contributed by atoms with Crippen molar-refractivity contribution >= 4 is 60.8 Å². The Morgan fingerprint density at radius 2 is 1.40 bits per heavy atom. The molecule has 1 aromatic heterocycles. The van der Waals surface area contributed by atoms with Crippen molar-refractivity contribution in [1.82, 2.24) is 0 Å². The summed E-state index contributed by atoms with van der Waals surface area (Å²) in [4.78, 5) is 2.45. The van der Waals surface area contributed by atoms with Gasteiger partial charge in [0.25, 0.3) is 0 Å². The van der Waals surface area contributed by atoms with E-state index in [-0.39, 0.29) is 5.41 Å². The van der Waals surface area contributed by atoms with Gasteiger partial charge in [-0.15, -0.1) is 0 Å². The van der Waals surface area contributed by atoms with Gasteiger partial charge in [-0.05, 0) is 98.6 Å². The minimum absolute atomic E-state index is 0.158. The van der Waals surface area contributed by atoms with Crippen molar-refractivity contribution in [2.45, 2.75) is 32.1 Å². The summed E-state index contributed by atoms with van der Waals surface area (Å²) in [6.45, 7) is 9.12. The molecule has 0 saturated carbocycles. The van der Waals surface area contributed by atoms with E-state index >= 15 is 0 Å². The zero-order valence-corrected chi connectivity index (χ0v) is 31.2. The highest BCUT2D eigenvalue weighted by Crippen LogP contribution is 2.45. The van der Waals surface area contributed by atoms with Crippen molar-refractivity contribution in [3.8, 4) is 11.1 Å². The largest absolute Gasteiger partial charge is 0.455 e. The number of nitrogens with zero attached hydrogens (tertiary/aromatic N) is 1. The summed E-state index contributed by atoms with van der Waals surface area (Å²) in [5, 5.41) is 7.14. The van der Waals surface area contributed by atoms with E-state index in [2.05, 4.69) is 195 Å². The van der Waals surface area contributed by atoms with Crippen LogP contribution in [0.2, 0.25) is 0 Å². The second kappa shape index (κ2) is 13.0. The smallest absolute Gasteiger partial charge is 0.143 e. The van der Waals surface area contributed by atoms with Crippen LogP contribution in [0.5, 0.6) is 0 Å². The van der Waals surface area contributed by atoms with Crippen LogP contribution in [0.4, 0.5) is 5.69 Å². The molecule has 0 atom stereocenters. The van der Waals surface area contributed by atoms with Gasteiger partial charge < -0.3 is 9.32 Å². The van der Waals surface area contributed by atoms with Crippen LogP contribution in [0.25, 0.3) is 66.3 Å². The van der Waals surface area contributed by atoms with Crippen LogP contribution in [0.15, 0.2) is 198 Å². The lowest BCUT2D eigenvalue weighted by Gasteiger charge is -2.33. The standard InChI is InChI=1S/C53H41NO/c1-4-41(34-40-30-39-19-8-11-28-49(39)53(40,2)3)54(42-22-13-21-38(31-42)44-25-14-20-35-16-7-9-23-43(35)44)50-29-12-10-24-45(50)46-26-15-27-47-48-32-36-17-5-6-18-37(36)33-51(48)55-52(46)47/h4-11,13-28,30-34H,1,12,29H2,2-3H3/b41-34+. The highest BCUT2D eigenvalue weighted by molar-refractivity contribution is 6.13. The topological polar surface area (TPSA) is 16.4 Å². The number of benzene rings is 7. The molecule has 0 bridgehead atoms. The van der Waals surface area contributed by atoms with Crippen molar-refractivity contribution in [1.29, 1.82) is 0 Å². The molecule has 0 saturated heterocycles. The van der Waals surface area contributed by atoms with Crippen LogP contribution < -0.4 is 4.90 Å². The lowest BCUT2D eigenvalue weighted by molar-refractivity contribution is 0.653. The second-order valence-electron chi connectivity index (χ2n) is 15.3. The summed E-state index contributed by atoms with van der Waals surface area (Å²) in [5.74, 6) is 0. The van der Waals surface area contributed by atoms with Crippen molar-refractivity contribution in [3.05, 3.63) is 210 Å². The Hall–Kier alpha value is -6.64. The fourth-order valence-electron chi connectivity index (χ4n) is 8.87. The van der Waals surface area contributed by atoms with Gasteiger partial charge in [0.1, 0.15) is 11.2 Å². The van der Waals surface area contributed by atoms with Crippen molar-refractivity contribution in [3.63, 3.8) is 0 Å². The van der Waals surface area contributed by atoms with E-state index in [1.54, 1.807) is 0 Å². The van der Waals surface area contributed by atoms with Crippen molar-refractivity contribution < 1.29 is 4.42 Å². The Balaban J connectivity index is 1.21. The Bertz CT molecular complexity index is 2970. The average molecular weight is 708 g/mol. The summed E-state index contributed by atoms with van der Waals surface area (Å²) in [6.07, 6.45) is 13.1. The fourth-order valence-corrected chi connectivity index (χ4v) is 8.87. The molecule has 0 aliphatic heterocycles. The maximum atomic E-state index is 6.82. The molecule has 264 valence electrons. The predicted molar refractivity (Wildman–Crippen MR) is 234 cm³/mol. The molecule has 0 spiro atoms. The number of hydrogen-bond acceptors (Lipinski definition) is 2. The Morgan fingerprint density at radius 1 is 0.691 bits per heavy atom. The minimum Gasteiger partial charge on any atom is -0.455 e. The van der Waals surface area contributed by atoms with Crippen LogP contribution >= 0.6 is 0 Å². The molecule has 10 rings (SSSR count). The highest BCUT2D eigenvalue weighted by Gasteiger charge is 2.32. The summed E-state index contributed by atoms with van der Waals surface area (Å²) >= 11 is 0. The summed E-state index contributed by atoms with van der Waals surface area (Å²) < 4.78 is 6.82. The van der Waals surface area contributed by atoms with E-state index < -0.39 is 0 Å². The first kappa shape index (κ1) is 33.0. The molecule has 2 nitrogen and oxygen atoms in total. The Labute approximate surface area is 322 Å². The maximum Gasteiger partial charge on any atom is 0.143 e. The summed E-state index contributed by atoms with van der Waals surface area (Å²) in [7, 11) is 0. The number of fused-ring (bicyclic) bond motifs is 6. The van der Waals surface area contributed by atoms with E-state index in [9.17, 15) is 0 Å². The number of rotatable bonds is 7. The van der Waals surface area contributed by atoms with Gasteiger partial charge in [0.2, 0.25) is 0 Å². The zero-order valence-electron chi connectivity index (χ0n) is 31.2. The lowest BCUT2D eigenvalue weighted by Crippen LogP contribution is -2.24. The van der Waals surface area contributed by atoms with E-state index in [0.29, 0.717) is 0 Å². The molecular weight excluding hydrogens is 667 g/mol. The number of allylic oxidation sites excluding steroid dienone is 7. The van der Waals surface area contributed by atoms with Gasteiger partial charge in [-0.3, -0.25) is 0 Å². The molecule has 1 heterocycles. The number of para-hydroxylation sites is 1. The molecule has 0 amide bonds. The predicted octanol–water partition coefficient (Wildman–Crippen LogP) is 14.6. The molecule has 8 aromatic rings. The summed E-state index contributed by atoms with van der Waals surface area (Å²) in [5.41, 5.74) is 13.5. The van der Waals surface area contributed by atoms with Gasteiger partial charge in [0.05, 0.1) is 0 Å². The average Bonchev–Trinajstić information content (AvgIpc) is 3.72. The quantitative estimate of drug-likeness (QED) is 0.153. The van der Waals surface area contributed by atoms with Crippen LogP contribution in [0, 0.1) is 0 Å². The molecule has 0 radical (unpaired) electrons. The van der Waals surface area contributed by atoms with Crippen molar-refractivity contribution in [2.75, 3.05) is 4.90 Å². The number of furan rings is 1. The van der Waals surface area contributed by atoms with Gasteiger partial charge in [-0.2, -0.15) is 0 Å².